The number of nitrogens with zero attached hydrogens (tertiary/aromatic N) is 4. The van der Waals surface area contributed by atoms with E-state index in [1.54, 1.807) is 24.8 Å². The Kier molecular flexibility index (Phi) is 24.5. The van der Waals surface area contributed by atoms with Gasteiger partial charge in [-0.3, -0.25) is 19.9 Å². The first-order valence-electron chi connectivity index (χ1n) is 9.68. The van der Waals surface area contributed by atoms with Crippen molar-refractivity contribution in [2.24, 2.45) is 0 Å². The number of hydrogen-bond donors (Lipinski definition) is 0. The van der Waals surface area contributed by atoms with E-state index in [1.165, 1.54) is 0 Å². The predicted octanol–water partition coefficient (Wildman–Crippen LogP) is -2.66. The van der Waals surface area contributed by atoms with Gasteiger partial charge in [0.25, 0.3) is 0 Å². The van der Waals surface area contributed by atoms with Crippen LogP contribution < -0.4 is 10.2 Å². The number of carbonyl (C=O) groups is 1. The Morgan fingerprint density at radius 2 is 0.600 bits per heavy atom. The molecule has 0 aliphatic rings. The number of pyridine rings is 4. The Morgan fingerprint density at radius 1 is 0.425 bits per heavy atom. The molecule has 0 spiro atoms. The summed E-state index contributed by atoms with van der Waals surface area (Å²) in [5, 5.41) is 21.2. The molecular formula is C25H30CoN4O10. The molecule has 40 heavy (non-hydrogen) atoms. The van der Waals surface area contributed by atoms with Gasteiger partial charge in [0.15, 0.2) is 0 Å². The molecular weight excluding hydrogens is 575 g/mol. The van der Waals surface area contributed by atoms with E-state index >= 15 is 0 Å². The number of hydrogen-bond acceptors (Lipinski definition) is 7. The van der Waals surface area contributed by atoms with Crippen molar-refractivity contribution in [1.82, 2.24) is 19.9 Å². The van der Waals surface area contributed by atoms with Gasteiger partial charge in [0.05, 0.1) is 22.1 Å². The average Bonchev–Trinajstić information content (AvgIpc) is 2.84. The van der Waals surface area contributed by atoms with Crippen molar-refractivity contribution in [2.45, 2.75) is 0 Å². The van der Waals surface area contributed by atoms with Gasteiger partial charge in [-0.2, -0.15) is 0 Å². The fourth-order valence-electron chi connectivity index (χ4n) is 3.36. The second-order valence-electron chi connectivity index (χ2n) is 6.68. The third-order valence-corrected chi connectivity index (χ3v) is 4.69. The van der Waals surface area contributed by atoms with Crippen molar-refractivity contribution in [3.8, 4) is 0 Å². The van der Waals surface area contributed by atoms with Crippen LogP contribution in [0, 0.1) is 0 Å². The first-order chi connectivity index (χ1) is 15.6. The normalized spacial score (nSPS) is 8.20. The van der Waals surface area contributed by atoms with Crippen LogP contribution in [0.4, 0.5) is 4.79 Å². The molecule has 219 valence electrons. The fraction of sp³-hybridized carbons (Fsp3) is 0. The molecule has 0 atom stereocenters. The van der Waals surface area contributed by atoms with E-state index in [9.17, 15) is 0 Å². The van der Waals surface area contributed by atoms with Gasteiger partial charge in [-0.25, -0.2) is 0 Å². The molecule has 6 aromatic rings. The minimum atomic E-state index is -2.33. The third kappa shape index (κ3) is 10.7. The van der Waals surface area contributed by atoms with Crippen molar-refractivity contribution < 1.29 is 70.1 Å². The van der Waals surface area contributed by atoms with Crippen LogP contribution in [0.15, 0.2) is 97.6 Å². The summed E-state index contributed by atoms with van der Waals surface area (Å²) in [6.07, 6.45) is 4.87. The van der Waals surface area contributed by atoms with Crippen molar-refractivity contribution in [1.29, 1.82) is 0 Å². The molecule has 0 unspecified atom stereocenters. The maximum Gasteiger partial charge on any atom is 2.00 e. The summed E-state index contributed by atoms with van der Waals surface area (Å²) in [5.41, 5.74) is 3.91. The van der Waals surface area contributed by atoms with E-state index in [-0.39, 0.29) is 55.1 Å². The Morgan fingerprint density at radius 3 is 0.775 bits per heavy atom. The molecule has 2 aromatic carbocycles. The van der Waals surface area contributed by atoms with Gasteiger partial charge in [0.2, 0.25) is 0 Å². The van der Waals surface area contributed by atoms with Gasteiger partial charge in [0, 0.05) is 46.3 Å². The van der Waals surface area contributed by atoms with Crippen LogP contribution >= 0.6 is 0 Å². The molecule has 0 saturated carbocycles. The van der Waals surface area contributed by atoms with Crippen LogP contribution in [-0.4, -0.2) is 64.4 Å². The SMILES string of the molecule is O.O.O.O.O.O.O.O=C([O-])[O-].[Co+2].c1cnc2c(c1)ccc1cccnc12.c1cnc2c(c1)ccc1cccnc12. The van der Waals surface area contributed by atoms with Crippen LogP contribution in [-0.2, 0) is 16.8 Å². The maximum absolute atomic E-state index is 8.33. The first-order valence-corrected chi connectivity index (χ1v) is 9.68. The van der Waals surface area contributed by atoms with E-state index in [1.807, 2.05) is 24.3 Å². The predicted molar refractivity (Wildman–Crippen MR) is 145 cm³/mol. The van der Waals surface area contributed by atoms with Gasteiger partial charge < -0.3 is 53.3 Å². The van der Waals surface area contributed by atoms with E-state index < -0.39 is 6.16 Å². The molecule has 15 heteroatoms. The second kappa shape index (κ2) is 21.5. The summed E-state index contributed by atoms with van der Waals surface area (Å²) < 4.78 is 0. The van der Waals surface area contributed by atoms with Crippen LogP contribution in [0.1, 0.15) is 0 Å². The smallest absolute Gasteiger partial charge is 0.652 e. The Balaban J connectivity index is -0.000000153. The number of rotatable bonds is 0. The molecule has 0 aliphatic heterocycles. The fourth-order valence-corrected chi connectivity index (χ4v) is 3.36. The summed E-state index contributed by atoms with van der Waals surface area (Å²) in [6, 6.07) is 24.3. The number of fused-ring (bicyclic) bond motifs is 6. The van der Waals surface area contributed by atoms with Crippen LogP contribution in [0.2, 0.25) is 0 Å². The monoisotopic (exact) mass is 605 g/mol. The molecule has 14 N–H and O–H groups in total. The first kappa shape index (κ1) is 45.5. The van der Waals surface area contributed by atoms with E-state index in [0.717, 1.165) is 43.6 Å². The molecule has 1 radical (unpaired) electrons. The van der Waals surface area contributed by atoms with Gasteiger partial charge in [0.1, 0.15) is 0 Å². The van der Waals surface area contributed by atoms with E-state index in [0.29, 0.717) is 0 Å². The molecule has 0 aliphatic carbocycles. The summed E-state index contributed by atoms with van der Waals surface area (Å²) in [6.45, 7) is 0. The Labute approximate surface area is 237 Å². The molecule has 0 bridgehead atoms. The van der Waals surface area contributed by atoms with Gasteiger partial charge in [-0.05, 0) is 30.4 Å². The number of benzene rings is 2. The summed E-state index contributed by atoms with van der Waals surface area (Å²) >= 11 is 0. The topological polar surface area (TPSA) is 335 Å². The number of carbonyl (C=O) groups excluding carboxylic acids is 1. The van der Waals surface area contributed by atoms with Crippen molar-refractivity contribution in [3.05, 3.63) is 97.6 Å². The number of carboxylic acid groups (broad SMARTS) is 2. The molecule has 4 aromatic heterocycles. The van der Waals surface area contributed by atoms with Crippen molar-refractivity contribution in [2.75, 3.05) is 0 Å². The minimum Gasteiger partial charge on any atom is -0.652 e. The quantitative estimate of drug-likeness (QED) is 0.165. The summed E-state index contributed by atoms with van der Waals surface area (Å²) in [5.74, 6) is 0. The molecule has 6 rings (SSSR count). The summed E-state index contributed by atoms with van der Waals surface area (Å²) in [7, 11) is 0. The Hall–Kier alpha value is -4.42. The zero-order chi connectivity index (χ0) is 22.3. The van der Waals surface area contributed by atoms with Crippen molar-refractivity contribution >= 4 is 49.8 Å². The zero-order valence-electron chi connectivity index (χ0n) is 20.6. The van der Waals surface area contributed by atoms with Gasteiger partial charge in [-0.1, -0.05) is 48.5 Å². The molecule has 4 heterocycles. The molecule has 0 fully saturated rings. The molecule has 14 nitrogen and oxygen atoms in total. The largest absolute Gasteiger partial charge is 2.00 e. The molecule has 0 amide bonds. The van der Waals surface area contributed by atoms with Crippen molar-refractivity contribution in [3.63, 3.8) is 0 Å². The molecule has 0 saturated heterocycles. The summed E-state index contributed by atoms with van der Waals surface area (Å²) in [4.78, 5) is 25.7. The van der Waals surface area contributed by atoms with Crippen LogP contribution in [0.3, 0.4) is 0 Å². The van der Waals surface area contributed by atoms with E-state index in [2.05, 4.69) is 68.5 Å². The van der Waals surface area contributed by atoms with E-state index in [4.69, 9.17) is 15.0 Å². The Bertz CT molecular complexity index is 1340. The minimum absolute atomic E-state index is 0. The maximum atomic E-state index is 8.33. The van der Waals surface area contributed by atoms with Crippen LogP contribution in [0.5, 0.6) is 0 Å². The third-order valence-electron chi connectivity index (χ3n) is 4.69. The van der Waals surface area contributed by atoms with Gasteiger partial charge >= 0.3 is 16.8 Å². The van der Waals surface area contributed by atoms with Gasteiger partial charge in [-0.15, -0.1) is 0 Å². The average molecular weight is 605 g/mol. The van der Waals surface area contributed by atoms with Crippen LogP contribution in [0.25, 0.3) is 43.6 Å². The second-order valence-corrected chi connectivity index (χ2v) is 6.68. The zero-order valence-corrected chi connectivity index (χ0v) is 21.6. The number of aromatic nitrogens is 4. The standard InChI is InChI=1S/2C12H8N2.CH2O3.Co.7H2O/c2*1-3-9-5-6-10-4-2-8-14-12(10)11(9)13-7-1;2-1(3)4;;;;;;;;/h2*1-8H;(H2,2,3,4);;7*1H2/q;;;+2;;;;;;;/p-2.